The maximum absolute atomic E-state index is 6.30. The maximum atomic E-state index is 6.30. The molecule has 0 radical (unpaired) electrons. The average molecular weight is 551 g/mol. The van der Waals surface area contributed by atoms with Gasteiger partial charge in [-0.05, 0) is 35.4 Å². The van der Waals surface area contributed by atoms with Crippen LogP contribution in [0.3, 0.4) is 0 Å². The molecule has 0 bridgehead atoms. The van der Waals surface area contributed by atoms with Crippen LogP contribution in [-0.2, 0) is 29.7 Å². The molecule has 0 amide bonds. The molecule has 1 saturated heterocycles. The molecule has 5 aromatic rings. The Bertz CT molecular complexity index is 1600. The number of ether oxygens (including phenoxy) is 4. The van der Waals surface area contributed by atoms with E-state index in [1.54, 1.807) is 14.2 Å². The largest absolute Gasteiger partial charge is 0.473 e. The van der Waals surface area contributed by atoms with Crippen LogP contribution in [0.1, 0.15) is 11.1 Å². The molecule has 41 heavy (non-hydrogen) atoms. The molecule has 0 atom stereocenters. The predicted molar refractivity (Wildman–Crippen MR) is 159 cm³/mol. The van der Waals surface area contributed by atoms with Gasteiger partial charge in [-0.2, -0.15) is 10.1 Å². The highest BCUT2D eigenvalue weighted by Gasteiger charge is 2.34. The first kappa shape index (κ1) is 26.8. The second kappa shape index (κ2) is 12.0. The number of hydrogen-bond donors (Lipinski definition) is 0. The first-order valence-corrected chi connectivity index (χ1v) is 13.7. The summed E-state index contributed by atoms with van der Waals surface area (Å²) < 4.78 is 25.1. The normalized spacial score (nSPS) is 13.5. The van der Waals surface area contributed by atoms with Crippen molar-refractivity contribution in [2.24, 2.45) is 13.0 Å². The van der Waals surface area contributed by atoms with Gasteiger partial charge in [0.1, 0.15) is 18.9 Å². The standard InChI is InChI=1S/C33H34N4O4/c1-36-29-18-26(37-19-25(20-37)33(38-2)39-3)14-15-27(29)31(35-36)28-16-17-30(40-21-23-10-6-4-7-11-23)34-32(28)41-22-24-12-8-5-9-13-24/h4-18,25,33H,19-22H2,1-3H3. The second-order valence-electron chi connectivity index (χ2n) is 10.2. The van der Waals surface area contributed by atoms with E-state index in [9.17, 15) is 0 Å². The Morgan fingerprint density at radius 2 is 1.46 bits per heavy atom. The fourth-order valence-electron chi connectivity index (χ4n) is 5.27. The second-order valence-corrected chi connectivity index (χ2v) is 10.2. The summed E-state index contributed by atoms with van der Waals surface area (Å²) >= 11 is 0. The topological polar surface area (TPSA) is 70.9 Å². The Hall–Kier alpha value is -4.40. The number of hydrogen-bond acceptors (Lipinski definition) is 7. The average Bonchev–Trinajstić information content (AvgIpc) is 3.32. The minimum absolute atomic E-state index is 0.181. The fourth-order valence-corrected chi connectivity index (χ4v) is 5.27. The number of pyridine rings is 1. The molecule has 1 fully saturated rings. The quantitative estimate of drug-likeness (QED) is 0.191. The van der Waals surface area contributed by atoms with Crippen LogP contribution in [0.4, 0.5) is 5.69 Å². The molecule has 210 valence electrons. The zero-order valence-corrected chi connectivity index (χ0v) is 23.6. The van der Waals surface area contributed by atoms with Crippen LogP contribution in [-0.4, -0.2) is 48.4 Å². The number of nitrogens with zero attached hydrogens (tertiary/aromatic N) is 4. The third kappa shape index (κ3) is 5.75. The minimum Gasteiger partial charge on any atom is -0.473 e. The van der Waals surface area contributed by atoms with Crippen LogP contribution in [0.2, 0.25) is 0 Å². The third-order valence-corrected chi connectivity index (χ3v) is 7.50. The maximum Gasteiger partial charge on any atom is 0.226 e. The highest BCUT2D eigenvalue weighted by atomic mass is 16.7. The molecule has 3 heterocycles. The van der Waals surface area contributed by atoms with Gasteiger partial charge in [0.2, 0.25) is 11.8 Å². The van der Waals surface area contributed by atoms with Gasteiger partial charge < -0.3 is 23.8 Å². The smallest absolute Gasteiger partial charge is 0.226 e. The van der Waals surface area contributed by atoms with E-state index in [4.69, 9.17) is 29.0 Å². The van der Waals surface area contributed by atoms with Crippen LogP contribution < -0.4 is 14.4 Å². The first-order chi connectivity index (χ1) is 20.1. The Labute approximate surface area is 240 Å². The summed E-state index contributed by atoms with van der Waals surface area (Å²) in [6.07, 6.45) is -0.181. The summed E-state index contributed by atoms with van der Waals surface area (Å²) in [5.41, 5.74) is 5.96. The van der Waals surface area contributed by atoms with E-state index >= 15 is 0 Å². The highest BCUT2D eigenvalue weighted by molar-refractivity contribution is 5.96. The molecule has 0 saturated carbocycles. The molecular formula is C33H34N4O4. The van der Waals surface area contributed by atoms with Gasteiger partial charge in [-0.1, -0.05) is 60.7 Å². The number of methoxy groups -OCH3 is 2. The van der Waals surface area contributed by atoms with Gasteiger partial charge in [0.25, 0.3) is 0 Å². The molecule has 0 unspecified atom stereocenters. The number of anilines is 1. The van der Waals surface area contributed by atoms with Crippen LogP contribution in [0.5, 0.6) is 11.8 Å². The van der Waals surface area contributed by atoms with E-state index in [1.807, 2.05) is 84.5 Å². The first-order valence-electron chi connectivity index (χ1n) is 13.7. The third-order valence-electron chi connectivity index (χ3n) is 7.50. The summed E-state index contributed by atoms with van der Waals surface area (Å²) in [6.45, 7) is 2.58. The number of benzene rings is 3. The Kier molecular flexibility index (Phi) is 7.84. The zero-order valence-electron chi connectivity index (χ0n) is 23.6. The summed E-state index contributed by atoms with van der Waals surface area (Å²) in [7, 11) is 5.35. The van der Waals surface area contributed by atoms with Crippen LogP contribution in [0.25, 0.3) is 22.2 Å². The molecule has 0 aliphatic carbocycles. The van der Waals surface area contributed by atoms with Crippen molar-refractivity contribution < 1.29 is 18.9 Å². The van der Waals surface area contributed by atoms with E-state index < -0.39 is 0 Å². The molecule has 3 aromatic carbocycles. The summed E-state index contributed by atoms with van der Waals surface area (Å²) in [5.74, 6) is 1.33. The van der Waals surface area contributed by atoms with E-state index in [1.165, 1.54) is 0 Å². The lowest BCUT2D eigenvalue weighted by atomic mass is 9.98. The lowest BCUT2D eigenvalue weighted by Gasteiger charge is -2.43. The van der Waals surface area contributed by atoms with E-state index in [0.717, 1.165) is 52.1 Å². The van der Waals surface area contributed by atoms with Crippen LogP contribution in [0, 0.1) is 5.92 Å². The number of aryl methyl sites for hydroxylation is 1. The summed E-state index contributed by atoms with van der Waals surface area (Å²) in [6, 6.07) is 30.4. The molecular weight excluding hydrogens is 516 g/mol. The van der Waals surface area contributed by atoms with Gasteiger partial charge in [0, 0.05) is 57.4 Å². The van der Waals surface area contributed by atoms with Gasteiger partial charge in [0.15, 0.2) is 6.29 Å². The van der Waals surface area contributed by atoms with Crippen molar-refractivity contribution in [2.75, 3.05) is 32.2 Å². The van der Waals surface area contributed by atoms with E-state index in [0.29, 0.717) is 30.9 Å². The Balaban J connectivity index is 1.28. The highest BCUT2D eigenvalue weighted by Crippen LogP contribution is 2.37. The van der Waals surface area contributed by atoms with Gasteiger partial charge in [-0.15, -0.1) is 0 Å². The van der Waals surface area contributed by atoms with Gasteiger partial charge in [-0.3, -0.25) is 4.68 Å². The van der Waals surface area contributed by atoms with Gasteiger partial charge in [-0.25, -0.2) is 0 Å². The van der Waals surface area contributed by atoms with Crippen molar-refractivity contribution in [1.82, 2.24) is 14.8 Å². The number of fused-ring (bicyclic) bond motifs is 1. The molecule has 1 aliphatic rings. The molecule has 8 nitrogen and oxygen atoms in total. The minimum atomic E-state index is -0.181. The summed E-state index contributed by atoms with van der Waals surface area (Å²) in [4.78, 5) is 7.11. The van der Waals surface area contributed by atoms with E-state index in [2.05, 4.69) is 23.1 Å². The molecule has 6 rings (SSSR count). The number of rotatable bonds is 11. The van der Waals surface area contributed by atoms with Crippen molar-refractivity contribution in [3.63, 3.8) is 0 Å². The van der Waals surface area contributed by atoms with Crippen molar-refractivity contribution in [1.29, 1.82) is 0 Å². The van der Waals surface area contributed by atoms with Crippen LogP contribution >= 0.6 is 0 Å². The summed E-state index contributed by atoms with van der Waals surface area (Å²) in [5, 5.41) is 5.94. The van der Waals surface area contributed by atoms with Crippen molar-refractivity contribution in [2.45, 2.75) is 19.5 Å². The molecule has 8 heteroatoms. The Morgan fingerprint density at radius 1 is 0.805 bits per heavy atom. The van der Waals surface area contributed by atoms with Gasteiger partial charge in [0.05, 0.1) is 11.1 Å². The molecule has 0 spiro atoms. The monoisotopic (exact) mass is 550 g/mol. The Morgan fingerprint density at radius 3 is 2.12 bits per heavy atom. The molecule has 2 aromatic heterocycles. The lowest BCUT2D eigenvalue weighted by molar-refractivity contribution is -0.142. The predicted octanol–water partition coefficient (Wildman–Crippen LogP) is 5.85. The van der Waals surface area contributed by atoms with Crippen LogP contribution in [0.15, 0.2) is 91.0 Å². The zero-order chi connectivity index (χ0) is 28.2. The van der Waals surface area contributed by atoms with E-state index in [-0.39, 0.29) is 6.29 Å². The molecule has 0 N–H and O–H groups in total. The number of aromatic nitrogens is 3. The lowest BCUT2D eigenvalue weighted by Crippen LogP contribution is -2.53. The van der Waals surface area contributed by atoms with Crippen molar-refractivity contribution >= 4 is 16.6 Å². The van der Waals surface area contributed by atoms with Crippen molar-refractivity contribution in [3.05, 3.63) is 102 Å². The van der Waals surface area contributed by atoms with Crippen molar-refractivity contribution in [3.8, 4) is 23.0 Å². The SMILES string of the molecule is COC(OC)C1CN(c2ccc3c(-c4ccc(OCc5ccccc5)nc4OCc4ccccc4)nn(C)c3c2)C1. The fraction of sp³-hybridized carbons (Fsp3) is 0.273. The van der Waals surface area contributed by atoms with Gasteiger partial charge >= 0.3 is 0 Å². The molecule has 1 aliphatic heterocycles.